The van der Waals surface area contributed by atoms with E-state index >= 15 is 0 Å². The molecule has 0 aromatic carbocycles. The maximum absolute atomic E-state index is 2.53. The van der Waals surface area contributed by atoms with E-state index in [0.29, 0.717) is 0 Å². The predicted octanol–water partition coefficient (Wildman–Crippen LogP) is 3.64. The monoisotopic (exact) mass is 252 g/mol. The fraction of sp³-hybridized carbons (Fsp3) is 1.00. The van der Waals surface area contributed by atoms with Crippen molar-refractivity contribution < 1.29 is 0 Å². The lowest BCUT2D eigenvalue weighted by molar-refractivity contribution is 0.282. The molecule has 0 amide bonds. The van der Waals surface area contributed by atoms with E-state index in [9.17, 15) is 0 Å². The van der Waals surface area contributed by atoms with Gasteiger partial charge in [-0.05, 0) is 24.7 Å². The predicted molar refractivity (Wildman–Crippen MR) is 54.6 cm³/mol. The molecule has 2 atom stereocenters. The van der Waals surface area contributed by atoms with Gasteiger partial charge in [-0.1, -0.05) is 48.8 Å². The van der Waals surface area contributed by atoms with Crippen molar-refractivity contribution in [3.63, 3.8) is 0 Å². The van der Waals surface area contributed by atoms with Gasteiger partial charge in [-0.3, -0.25) is 0 Å². The lowest BCUT2D eigenvalue weighted by atomic mass is 9.81. The summed E-state index contributed by atoms with van der Waals surface area (Å²) in [5.74, 6) is 2.12. The fourth-order valence-electron chi connectivity index (χ4n) is 1.91. The van der Waals surface area contributed by atoms with Crippen LogP contribution >= 0.6 is 22.6 Å². The van der Waals surface area contributed by atoms with Crippen LogP contribution in [-0.2, 0) is 0 Å². The van der Waals surface area contributed by atoms with Crippen molar-refractivity contribution >= 4 is 22.6 Å². The van der Waals surface area contributed by atoms with Crippen molar-refractivity contribution in [2.45, 2.75) is 39.0 Å². The summed E-state index contributed by atoms with van der Waals surface area (Å²) in [4.78, 5) is 0. The molecule has 0 nitrogen and oxygen atoms in total. The van der Waals surface area contributed by atoms with E-state index in [-0.39, 0.29) is 0 Å². The second kappa shape index (κ2) is 4.58. The standard InChI is InChI=1S/C9H17I/c1-2-8-4-3-5-9(6-8)7-10/h8-9H,2-7H2,1H3/t8-,9?/m0/s1. The van der Waals surface area contributed by atoms with Crippen LogP contribution in [0.5, 0.6) is 0 Å². The first-order valence-electron chi connectivity index (χ1n) is 4.42. The Balaban J connectivity index is 2.25. The Kier molecular flexibility index (Phi) is 4.04. The smallest absolute Gasteiger partial charge is 0.00238 e. The summed E-state index contributed by atoms with van der Waals surface area (Å²) in [5, 5.41) is 0. The highest BCUT2D eigenvalue weighted by Crippen LogP contribution is 2.31. The van der Waals surface area contributed by atoms with Gasteiger partial charge < -0.3 is 0 Å². The second-order valence-corrected chi connectivity index (χ2v) is 4.34. The topological polar surface area (TPSA) is 0 Å². The molecule has 0 N–H and O–H groups in total. The van der Waals surface area contributed by atoms with Crippen LogP contribution in [0.4, 0.5) is 0 Å². The summed E-state index contributed by atoms with van der Waals surface area (Å²) >= 11 is 2.53. The molecule has 1 fully saturated rings. The molecule has 1 aliphatic rings. The third kappa shape index (κ3) is 2.40. The Labute approximate surface area is 77.9 Å². The Hall–Kier alpha value is 0.730. The highest BCUT2D eigenvalue weighted by molar-refractivity contribution is 14.1. The van der Waals surface area contributed by atoms with Gasteiger partial charge in [0.15, 0.2) is 0 Å². The first-order chi connectivity index (χ1) is 4.86. The Morgan fingerprint density at radius 1 is 1.30 bits per heavy atom. The Morgan fingerprint density at radius 2 is 2.00 bits per heavy atom. The van der Waals surface area contributed by atoms with Crippen LogP contribution in [0.1, 0.15) is 39.0 Å². The van der Waals surface area contributed by atoms with Gasteiger partial charge in [-0.15, -0.1) is 0 Å². The molecule has 0 aliphatic heterocycles. The molecule has 0 spiro atoms. The molecule has 0 bridgehead atoms. The summed E-state index contributed by atoms with van der Waals surface area (Å²) < 4.78 is 1.38. The van der Waals surface area contributed by atoms with Crippen LogP contribution in [0.25, 0.3) is 0 Å². The van der Waals surface area contributed by atoms with Crippen molar-refractivity contribution in [3.8, 4) is 0 Å². The SMILES string of the molecule is CC[C@H]1CCCC(CI)C1. The van der Waals surface area contributed by atoms with Gasteiger partial charge in [0.2, 0.25) is 0 Å². The van der Waals surface area contributed by atoms with Crippen LogP contribution in [0.3, 0.4) is 0 Å². The molecule has 0 aromatic heterocycles. The lowest BCUT2D eigenvalue weighted by Gasteiger charge is -2.26. The maximum atomic E-state index is 2.53. The molecule has 1 unspecified atom stereocenters. The van der Waals surface area contributed by atoms with Crippen molar-refractivity contribution in [3.05, 3.63) is 0 Å². The van der Waals surface area contributed by atoms with Crippen LogP contribution < -0.4 is 0 Å². The molecule has 0 aromatic rings. The fourth-order valence-corrected chi connectivity index (χ4v) is 2.71. The summed E-state index contributed by atoms with van der Waals surface area (Å²) in [6.07, 6.45) is 7.42. The van der Waals surface area contributed by atoms with Gasteiger partial charge in [0.1, 0.15) is 0 Å². The zero-order valence-electron chi connectivity index (χ0n) is 6.78. The summed E-state index contributed by atoms with van der Waals surface area (Å²) in [6, 6.07) is 0. The summed E-state index contributed by atoms with van der Waals surface area (Å²) in [6.45, 7) is 2.33. The van der Waals surface area contributed by atoms with Crippen LogP contribution in [-0.4, -0.2) is 4.43 Å². The lowest BCUT2D eigenvalue weighted by Crippen LogP contribution is -2.15. The number of hydrogen-bond donors (Lipinski definition) is 0. The number of halogens is 1. The van der Waals surface area contributed by atoms with Crippen LogP contribution in [0.15, 0.2) is 0 Å². The molecule has 0 saturated heterocycles. The van der Waals surface area contributed by atoms with E-state index in [1.54, 1.807) is 0 Å². The van der Waals surface area contributed by atoms with E-state index in [1.807, 2.05) is 0 Å². The normalized spacial score (nSPS) is 34.2. The quantitative estimate of drug-likeness (QED) is 0.520. The number of rotatable bonds is 2. The third-order valence-electron chi connectivity index (χ3n) is 2.69. The van der Waals surface area contributed by atoms with Crippen molar-refractivity contribution in [1.82, 2.24) is 0 Å². The van der Waals surface area contributed by atoms with Gasteiger partial charge in [0.25, 0.3) is 0 Å². The van der Waals surface area contributed by atoms with E-state index in [0.717, 1.165) is 11.8 Å². The average Bonchev–Trinajstić information content (AvgIpc) is 2.05. The van der Waals surface area contributed by atoms with Gasteiger partial charge in [-0.25, -0.2) is 0 Å². The van der Waals surface area contributed by atoms with Gasteiger partial charge in [-0.2, -0.15) is 0 Å². The minimum absolute atomic E-state index is 1.05. The van der Waals surface area contributed by atoms with Gasteiger partial charge in [0.05, 0.1) is 0 Å². The first-order valence-corrected chi connectivity index (χ1v) is 5.95. The largest absolute Gasteiger partial charge is 0.0861 e. The summed E-state index contributed by atoms with van der Waals surface area (Å²) in [5.41, 5.74) is 0. The first kappa shape index (κ1) is 8.82. The molecule has 0 heterocycles. The Morgan fingerprint density at radius 3 is 2.60 bits per heavy atom. The molecule has 10 heavy (non-hydrogen) atoms. The molecule has 1 saturated carbocycles. The highest BCUT2D eigenvalue weighted by atomic mass is 127. The molecular formula is C9H17I. The minimum Gasteiger partial charge on any atom is -0.0861 e. The summed E-state index contributed by atoms with van der Waals surface area (Å²) in [7, 11) is 0. The maximum Gasteiger partial charge on any atom is 0.00238 e. The second-order valence-electron chi connectivity index (χ2n) is 3.46. The van der Waals surface area contributed by atoms with E-state index in [2.05, 4.69) is 29.5 Å². The minimum atomic E-state index is 1.05. The highest BCUT2D eigenvalue weighted by Gasteiger charge is 2.18. The Bertz CT molecular complexity index is 80.7. The molecule has 1 rings (SSSR count). The van der Waals surface area contributed by atoms with Crippen LogP contribution in [0.2, 0.25) is 0 Å². The van der Waals surface area contributed by atoms with E-state index in [4.69, 9.17) is 0 Å². The van der Waals surface area contributed by atoms with Crippen molar-refractivity contribution in [1.29, 1.82) is 0 Å². The zero-order chi connectivity index (χ0) is 7.40. The molecular weight excluding hydrogens is 235 g/mol. The van der Waals surface area contributed by atoms with Crippen LogP contribution in [0, 0.1) is 11.8 Å². The van der Waals surface area contributed by atoms with E-state index < -0.39 is 0 Å². The average molecular weight is 252 g/mol. The third-order valence-corrected chi connectivity index (χ3v) is 3.93. The zero-order valence-corrected chi connectivity index (χ0v) is 8.93. The molecule has 60 valence electrons. The van der Waals surface area contributed by atoms with Gasteiger partial charge in [0, 0.05) is 4.43 Å². The molecule has 1 aliphatic carbocycles. The molecule has 0 radical (unpaired) electrons. The van der Waals surface area contributed by atoms with E-state index in [1.165, 1.54) is 36.5 Å². The van der Waals surface area contributed by atoms with Crippen molar-refractivity contribution in [2.75, 3.05) is 4.43 Å². The molecule has 1 heteroatoms. The number of alkyl halides is 1. The van der Waals surface area contributed by atoms with Crippen molar-refractivity contribution in [2.24, 2.45) is 11.8 Å². The van der Waals surface area contributed by atoms with Gasteiger partial charge >= 0.3 is 0 Å². The number of hydrogen-bond acceptors (Lipinski definition) is 0.